The Labute approximate surface area is 120 Å². The van der Waals surface area contributed by atoms with Crippen molar-refractivity contribution < 1.29 is 0 Å². The van der Waals surface area contributed by atoms with E-state index in [1.807, 2.05) is 38.1 Å². The first-order valence-corrected chi connectivity index (χ1v) is 7.58. The molecule has 1 aromatic heterocycles. The zero-order chi connectivity index (χ0) is 13.1. The molecule has 0 saturated carbocycles. The molecule has 6 heteroatoms. The van der Waals surface area contributed by atoms with Crippen LogP contribution in [0.5, 0.6) is 0 Å². The highest BCUT2D eigenvalue weighted by Gasteiger charge is 2.21. The van der Waals surface area contributed by atoms with Crippen LogP contribution in [-0.2, 0) is 0 Å². The van der Waals surface area contributed by atoms with E-state index >= 15 is 0 Å². The Kier molecular flexibility index (Phi) is 4.61. The third-order valence-electron chi connectivity index (χ3n) is 2.43. The Bertz CT molecular complexity index is 528. The summed E-state index contributed by atoms with van der Waals surface area (Å²) < 4.78 is 5.11. The number of nitrogens with zero attached hydrogens (tertiary/aromatic N) is 2. The summed E-state index contributed by atoms with van der Waals surface area (Å²) in [6.45, 7) is 3.87. The van der Waals surface area contributed by atoms with Crippen LogP contribution in [0.2, 0.25) is 5.02 Å². The number of hydrogen-bond acceptors (Lipinski definition) is 5. The van der Waals surface area contributed by atoms with Crippen LogP contribution in [0.1, 0.15) is 23.6 Å². The zero-order valence-electron chi connectivity index (χ0n) is 10.1. The fourth-order valence-electron chi connectivity index (χ4n) is 1.59. The van der Waals surface area contributed by atoms with Crippen LogP contribution < -0.4 is 5.73 Å². The number of aromatic nitrogens is 2. The highest BCUT2D eigenvalue weighted by Crippen LogP contribution is 2.40. The summed E-state index contributed by atoms with van der Waals surface area (Å²) in [7, 11) is 0. The first-order valence-electron chi connectivity index (χ1n) is 5.55. The maximum Gasteiger partial charge on any atom is 0.170 e. The fraction of sp³-hybridized carbons (Fsp3) is 0.333. The van der Waals surface area contributed by atoms with Crippen molar-refractivity contribution in [2.24, 2.45) is 5.73 Å². The predicted octanol–water partition coefficient (Wildman–Crippen LogP) is 3.68. The van der Waals surface area contributed by atoms with E-state index in [1.165, 1.54) is 11.5 Å². The van der Waals surface area contributed by atoms with Gasteiger partial charge in [-0.1, -0.05) is 41.6 Å². The van der Waals surface area contributed by atoms with Gasteiger partial charge in [0.2, 0.25) is 0 Å². The Morgan fingerprint density at radius 2 is 2.11 bits per heavy atom. The van der Waals surface area contributed by atoms with E-state index < -0.39 is 0 Å². The molecule has 0 spiro atoms. The minimum atomic E-state index is -0.0147. The van der Waals surface area contributed by atoms with Gasteiger partial charge in [0.05, 0.1) is 5.25 Å². The van der Waals surface area contributed by atoms with Crippen LogP contribution in [0.3, 0.4) is 0 Å². The number of thioether (sulfide) groups is 1. The summed E-state index contributed by atoms with van der Waals surface area (Å²) in [5.74, 6) is 0.796. The summed E-state index contributed by atoms with van der Waals surface area (Å²) in [6.07, 6.45) is 0. The van der Waals surface area contributed by atoms with Gasteiger partial charge in [-0.2, -0.15) is 4.37 Å². The quantitative estimate of drug-likeness (QED) is 0.875. The molecule has 0 aliphatic heterocycles. The number of benzene rings is 1. The molecule has 1 aromatic carbocycles. The van der Waals surface area contributed by atoms with Crippen LogP contribution in [0.4, 0.5) is 0 Å². The third-order valence-corrected chi connectivity index (χ3v) is 5.12. The Morgan fingerprint density at radius 1 is 1.39 bits per heavy atom. The molecular formula is C12H14ClN3S2. The first kappa shape index (κ1) is 13.8. The molecule has 2 rings (SSSR count). The zero-order valence-corrected chi connectivity index (χ0v) is 12.5. The largest absolute Gasteiger partial charge is 0.327 e. The van der Waals surface area contributed by atoms with E-state index in [-0.39, 0.29) is 11.3 Å². The van der Waals surface area contributed by atoms with E-state index in [0.717, 1.165) is 20.8 Å². The van der Waals surface area contributed by atoms with Crippen molar-refractivity contribution in [1.82, 2.24) is 9.36 Å². The molecule has 2 aromatic rings. The second-order valence-electron chi connectivity index (χ2n) is 4.03. The van der Waals surface area contributed by atoms with Crippen molar-refractivity contribution in [3.8, 4) is 0 Å². The molecule has 1 heterocycles. The van der Waals surface area contributed by atoms with E-state index in [0.29, 0.717) is 0 Å². The third kappa shape index (κ3) is 3.23. The lowest BCUT2D eigenvalue weighted by Gasteiger charge is -2.20. The number of halogens is 1. The standard InChI is InChI=1S/C12H14ClN3S2/c1-7(14)11(9-5-3-4-6-10(9)13)17-12-15-8(2)16-18-12/h3-7,11H,14H2,1-2H3. The molecule has 3 nitrogen and oxygen atoms in total. The lowest BCUT2D eigenvalue weighted by atomic mass is 10.1. The van der Waals surface area contributed by atoms with Gasteiger partial charge < -0.3 is 5.73 Å². The molecule has 96 valence electrons. The molecule has 0 aliphatic rings. The minimum absolute atomic E-state index is 0.0147. The summed E-state index contributed by atoms with van der Waals surface area (Å²) in [5, 5.41) is 0.833. The second-order valence-corrected chi connectivity index (χ2v) is 6.57. The molecule has 0 saturated heterocycles. The van der Waals surface area contributed by atoms with Gasteiger partial charge in [0.15, 0.2) is 4.34 Å². The Hall–Kier alpha value is -0.620. The minimum Gasteiger partial charge on any atom is -0.327 e. The Morgan fingerprint density at radius 3 is 2.67 bits per heavy atom. The molecule has 2 atom stereocenters. The highest BCUT2D eigenvalue weighted by atomic mass is 35.5. The van der Waals surface area contributed by atoms with Gasteiger partial charge in [0.1, 0.15) is 5.82 Å². The van der Waals surface area contributed by atoms with Crippen LogP contribution in [-0.4, -0.2) is 15.4 Å². The maximum absolute atomic E-state index is 6.23. The first-order chi connectivity index (χ1) is 8.58. The Balaban J connectivity index is 2.27. The van der Waals surface area contributed by atoms with Gasteiger partial charge in [-0.3, -0.25) is 0 Å². The van der Waals surface area contributed by atoms with Crippen molar-refractivity contribution in [3.05, 3.63) is 40.7 Å². The summed E-state index contributed by atoms with van der Waals surface area (Å²) in [6, 6.07) is 7.78. The van der Waals surface area contributed by atoms with Gasteiger partial charge in [-0.25, -0.2) is 4.98 Å². The van der Waals surface area contributed by atoms with Gasteiger partial charge in [-0.15, -0.1) is 0 Å². The molecule has 0 amide bonds. The van der Waals surface area contributed by atoms with Crippen LogP contribution in [0.25, 0.3) is 0 Å². The summed E-state index contributed by atoms with van der Waals surface area (Å²) in [5.41, 5.74) is 7.12. The molecule has 0 aliphatic carbocycles. The SMILES string of the molecule is Cc1nsc(SC(c2ccccc2Cl)C(C)N)n1. The lowest BCUT2D eigenvalue weighted by Crippen LogP contribution is -2.22. The average molecular weight is 300 g/mol. The van der Waals surface area contributed by atoms with Gasteiger partial charge in [0.25, 0.3) is 0 Å². The van der Waals surface area contributed by atoms with Gasteiger partial charge in [0, 0.05) is 11.1 Å². The summed E-state index contributed by atoms with van der Waals surface area (Å²) in [4.78, 5) is 4.36. The lowest BCUT2D eigenvalue weighted by molar-refractivity contribution is 0.721. The van der Waals surface area contributed by atoms with Crippen molar-refractivity contribution in [2.75, 3.05) is 0 Å². The molecule has 0 fully saturated rings. The van der Waals surface area contributed by atoms with Crippen molar-refractivity contribution in [3.63, 3.8) is 0 Å². The maximum atomic E-state index is 6.23. The van der Waals surface area contributed by atoms with Crippen LogP contribution >= 0.6 is 34.9 Å². The predicted molar refractivity (Wildman–Crippen MR) is 78.3 cm³/mol. The topological polar surface area (TPSA) is 51.8 Å². The van der Waals surface area contributed by atoms with Gasteiger partial charge >= 0.3 is 0 Å². The number of aryl methyl sites for hydroxylation is 1. The average Bonchev–Trinajstić information content (AvgIpc) is 2.73. The number of hydrogen-bond donors (Lipinski definition) is 1. The smallest absolute Gasteiger partial charge is 0.170 e. The van der Waals surface area contributed by atoms with Crippen molar-refractivity contribution >= 4 is 34.9 Å². The van der Waals surface area contributed by atoms with E-state index in [1.54, 1.807) is 11.8 Å². The van der Waals surface area contributed by atoms with E-state index in [9.17, 15) is 0 Å². The van der Waals surface area contributed by atoms with Crippen LogP contribution in [0, 0.1) is 6.92 Å². The molecular weight excluding hydrogens is 286 g/mol. The molecule has 2 N–H and O–H groups in total. The molecule has 0 bridgehead atoms. The number of rotatable bonds is 4. The molecule has 18 heavy (non-hydrogen) atoms. The highest BCUT2D eigenvalue weighted by molar-refractivity contribution is 8.01. The van der Waals surface area contributed by atoms with E-state index in [2.05, 4.69) is 9.36 Å². The van der Waals surface area contributed by atoms with Crippen molar-refractivity contribution in [2.45, 2.75) is 29.5 Å². The number of nitrogens with two attached hydrogens (primary N) is 1. The summed E-state index contributed by atoms with van der Waals surface area (Å²) >= 11 is 9.25. The van der Waals surface area contributed by atoms with Crippen molar-refractivity contribution in [1.29, 1.82) is 0 Å². The second kappa shape index (κ2) is 6.02. The monoisotopic (exact) mass is 299 g/mol. The van der Waals surface area contributed by atoms with Gasteiger partial charge in [-0.05, 0) is 37.0 Å². The van der Waals surface area contributed by atoms with E-state index in [4.69, 9.17) is 17.3 Å². The molecule has 0 radical (unpaired) electrons. The normalized spacial score (nSPS) is 14.4. The molecule has 2 unspecified atom stereocenters. The van der Waals surface area contributed by atoms with Crippen LogP contribution in [0.15, 0.2) is 28.6 Å². The fourth-order valence-corrected chi connectivity index (χ4v) is 3.88.